The van der Waals surface area contributed by atoms with Gasteiger partial charge in [-0.15, -0.1) is 0 Å². The molecule has 0 saturated heterocycles. The second kappa shape index (κ2) is 30.8. The van der Waals surface area contributed by atoms with Crippen LogP contribution in [0.4, 0.5) is 0 Å². The van der Waals surface area contributed by atoms with E-state index in [4.69, 9.17) is 14.9 Å². The van der Waals surface area contributed by atoms with E-state index in [1.165, 1.54) is 89.9 Å². The fourth-order valence-electron chi connectivity index (χ4n) is 5.30. The minimum absolute atomic E-state index is 0.0307. The lowest BCUT2D eigenvalue weighted by atomic mass is 10.0. The summed E-state index contributed by atoms with van der Waals surface area (Å²) in [6.45, 7) is 3.42. The molecular formula is C35H66N2O7. The number of amides is 2. The van der Waals surface area contributed by atoms with Gasteiger partial charge < -0.3 is 25.6 Å². The fourth-order valence-corrected chi connectivity index (χ4v) is 5.30. The van der Waals surface area contributed by atoms with Crippen LogP contribution in [0.25, 0.3) is 0 Å². The number of esters is 1. The molecule has 258 valence electrons. The number of aliphatic carboxylic acids is 1. The third-order valence-corrected chi connectivity index (χ3v) is 8.10. The molecular weight excluding hydrogens is 560 g/mol. The highest BCUT2D eigenvalue weighted by molar-refractivity contribution is 5.87. The number of hydrogen-bond donors (Lipinski definition) is 4. The van der Waals surface area contributed by atoms with Gasteiger partial charge in [0.25, 0.3) is 0 Å². The Morgan fingerprint density at radius 2 is 1.02 bits per heavy atom. The number of ether oxygens (including phenoxy) is 1. The summed E-state index contributed by atoms with van der Waals surface area (Å²) >= 11 is 0. The molecule has 4 N–H and O–H groups in total. The highest BCUT2D eigenvalue weighted by atomic mass is 16.5. The van der Waals surface area contributed by atoms with Crippen molar-refractivity contribution in [3.63, 3.8) is 0 Å². The summed E-state index contributed by atoms with van der Waals surface area (Å²) in [6.07, 6.45) is 27.1. The standard InChI is InChI=1S/C35H66N2O7/c1-3-5-7-9-10-11-12-13-14-15-17-23-27-34(41)44-30(24-20-16-8-6-4-2)25-21-18-19-22-26-32(39)36-28-33(40)37-31(29-38)35(42)43/h30-31,38H,3-29H2,1-2H3,(H,36,39)(H,37,40)(H,42,43). The molecule has 0 aliphatic heterocycles. The number of nitrogens with one attached hydrogen (secondary N) is 2. The maximum Gasteiger partial charge on any atom is 0.328 e. The van der Waals surface area contributed by atoms with Crippen molar-refractivity contribution in [3.05, 3.63) is 0 Å². The lowest BCUT2D eigenvalue weighted by Crippen LogP contribution is -2.47. The predicted molar refractivity (Wildman–Crippen MR) is 176 cm³/mol. The van der Waals surface area contributed by atoms with Crippen molar-refractivity contribution in [3.8, 4) is 0 Å². The maximum absolute atomic E-state index is 12.6. The average molecular weight is 627 g/mol. The zero-order valence-electron chi connectivity index (χ0n) is 28.2. The van der Waals surface area contributed by atoms with Crippen LogP contribution < -0.4 is 10.6 Å². The molecule has 44 heavy (non-hydrogen) atoms. The number of rotatable bonds is 32. The number of carbonyl (C=O) groups excluding carboxylic acids is 3. The average Bonchev–Trinajstić information content (AvgIpc) is 3.00. The van der Waals surface area contributed by atoms with Crippen molar-refractivity contribution in [2.45, 2.75) is 187 Å². The van der Waals surface area contributed by atoms with Gasteiger partial charge in [-0.25, -0.2) is 4.79 Å². The Bertz CT molecular complexity index is 732. The Labute approximate surface area is 268 Å². The Hall–Kier alpha value is -2.16. The summed E-state index contributed by atoms with van der Waals surface area (Å²) in [5, 5.41) is 22.4. The van der Waals surface area contributed by atoms with Crippen molar-refractivity contribution in [1.29, 1.82) is 0 Å². The topological polar surface area (TPSA) is 142 Å². The van der Waals surface area contributed by atoms with Crippen molar-refractivity contribution in [2.24, 2.45) is 0 Å². The summed E-state index contributed by atoms with van der Waals surface area (Å²) < 4.78 is 5.91. The Balaban J connectivity index is 4.11. The summed E-state index contributed by atoms with van der Waals surface area (Å²) in [5.41, 5.74) is 0. The lowest BCUT2D eigenvalue weighted by Gasteiger charge is -2.18. The second-order valence-electron chi connectivity index (χ2n) is 12.3. The molecule has 0 radical (unpaired) electrons. The molecule has 0 saturated carbocycles. The lowest BCUT2D eigenvalue weighted by molar-refractivity contribution is -0.150. The van der Waals surface area contributed by atoms with E-state index in [2.05, 4.69) is 24.5 Å². The van der Waals surface area contributed by atoms with Gasteiger partial charge >= 0.3 is 11.9 Å². The Morgan fingerprint density at radius 1 is 0.591 bits per heavy atom. The van der Waals surface area contributed by atoms with Crippen LogP contribution in [0.3, 0.4) is 0 Å². The van der Waals surface area contributed by atoms with E-state index in [9.17, 15) is 19.2 Å². The van der Waals surface area contributed by atoms with Crippen LogP contribution >= 0.6 is 0 Å². The number of aliphatic hydroxyl groups is 1. The normalized spacial score (nSPS) is 12.4. The minimum Gasteiger partial charge on any atom is -0.480 e. The first kappa shape index (κ1) is 41.8. The molecule has 0 fully saturated rings. The van der Waals surface area contributed by atoms with E-state index in [0.29, 0.717) is 12.8 Å². The van der Waals surface area contributed by atoms with E-state index >= 15 is 0 Å². The third kappa shape index (κ3) is 27.4. The molecule has 9 heteroatoms. The van der Waals surface area contributed by atoms with Crippen molar-refractivity contribution >= 4 is 23.8 Å². The second-order valence-corrected chi connectivity index (χ2v) is 12.3. The zero-order valence-corrected chi connectivity index (χ0v) is 28.2. The fraction of sp³-hybridized carbons (Fsp3) is 0.886. The van der Waals surface area contributed by atoms with Crippen molar-refractivity contribution < 1.29 is 34.1 Å². The number of carboxylic acids is 1. The molecule has 0 spiro atoms. The number of aliphatic hydroxyl groups excluding tert-OH is 1. The van der Waals surface area contributed by atoms with Crippen LogP contribution in [0.1, 0.15) is 174 Å². The van der Waals surface area contributed by atoms with Gasteiger partial charge in [0, 0.05) is 12.8 Å². The zero-order chi connectivity index (χ0) is 32.7. The molecule has 0 aromatic carbocycles. The van der Waals surface area contributed by atoms with Crippen LogP contribution in [-0.4, -0.2) is 59.3 Å². The molecule has 0 rings (SSSR count). The van der Waals surface area contributed by atoms with Crippen LogP contribution in [0.2, 0.25) is 0 Å². The molecule has 0 aromatic rings. The van der Waals surface area contributed by atoms with Crippen molar-refractivity contribution in [1.82, 2.24) is 10.6 Å². The molecule has 0 bridgehead atoms. The van der Waals surface area contributed by atoms with Crippen LogP contribution in [0.15, 0.2) is 0 Å². The molecule has 2 atom stereocenters. The molecule has 2 amide bonds. The highest BCUT2D eigenvalue weighted by Crippen LogP contribution is 2.18. The summed E-state index contributed by atoms with van der Waals surface area (Å²) in [4.78, 5) is 47.2. The number of hydrogen-bond acceptors (Lipinski definition) is 6. The van der Waals surface area contributed by atoms with Gasteiger partial charge in [0.1, 0.15) is 12.1 Å². The molecule has 0 aromatic heterocycles. The first-order valence-corrected chi connectivity index (χ1v) is 17.9. The first-order valence-electron chi connectivity index (χ1n) is 17.9. The first-order chi connectivity index (χ1) is 21.3. The smallest absolute Gasteiger partial charge is 0.328 e. The van der Waals surface area contributed by atoms with Gasteiger partial charge in [0.05, 0.1) is 13.2 Å². The quantitative estimate of drug-likeness (QED) is 0.0451. The highest BCUT2D eigenvalue weighted by Gasteiger charge is 2.19. The Morgan fingerprint density at radius 3 is 1.48 bits per heavy atom. The minimum atomic E-state index is -1.38. The van der Waals surface area contributed by atoms with Gasteiger partial charge in [-0.2, -0.15) is 0 Å². The molecule has 0 aliphatic carbocycles. The van der Waals surface area contributed by atoms with Gasteiger partial charge in [0.2, 0.25) is 11.8 Å². The van der Waals surface area contributed by atoms with Gasteiger partial charge in [0.15, 0.2) is 0 Å². The van der Waals surface area contributed by atoms with Crippen LogP contribution in [-0.2, 0) is 23.9 Å². The molecule has 2 unspecified atom stereocenters. The van der Waals surface area contributed by atoms with E-state index in [0.717, 1.165) is 51.4 Å². The third-order valence-electron chi connectivity index (χ3n) is 8.10. The van der Waals surface area contributed by atoms with Crippen LogP contribution in [0.5, 0.6) is 0 Å². The summed E-state index contributed by atoms with van der Waals surface area (Å²) in [5.74, 6) is -2.33. The predicted octanol–water partition coefficient (Wildman–Crippen LogP) is 7.37. The monoisotopic (exact) mass is 626 g/mol. The Kier molecular flexibility index (Phi) is 29.3. The van der Waals surface area contributed by atoms with Gasteiger partial charge in [-0.05, 0) is 38.5 Å². The molecule has 9 nitrogen and oxygen atoms in total. The summed E-state index contributed by atoms with van der Waals surface area (Å²) in [7, 11) is 0. The maximum atomic E-state index is 12.6. The number of unbranched alkanes of at least 4 members (excludes halogenated alkanes) is 18. The van der Waals surface area contributed by atoms with Crippen LogP contribution in [0, 0.1) is 0 Å². The van der Waals surface area contributed by atoms with Gasteiger partial charge in [-0.1, -0.05) is 123 Å². The van der Waals surface area contributed by atoms with Gasteiger partial charge in [-0.3, -0.25) is 14.4 Å². The van der Waals surface area contributed by atoms with Crippen molar-refractivity contribution in [2.75, 3.05) is 13.2 Å². The van der Waals surface area contributed by atoms with E-state index < -0.39 is 24.5 Å². The molecule has 0 heterocycles. The van der Waals surface area contributed by atoms with E-state index in [1.807, 2.05) is 0 Å². The van der Waals surface area contributed by atoms with E-state index in [1.54, 1.807) is 0 Å². The number of carboxylic acid groups (broad SMARTS) is 1. The largest absolute Gasteiger partial charge is 0.480 e. The number of carbonyl (C=O) groups is 4. The van der Waals surface area contributed by atoms with E-state index in [-0.39, 0.29) is 30.9 Å². The summed E-state index contributed by atoms with van der Waals surface area (Å²) in [6, 6.07) is -1.38. The molecule has 0 aliphatic rings. The SMILES string of the molecule is CCCCCCCCCCCCCCC(=O)OC(CCCCCCC)CCCCCCC(=O)NCC(=O)NC(CO)C(=O)O.